The Bertz CT molecular complexity index is 1100. The number of carbonyl (C=O) groups is 1. The van der Waals surface area contributed by atoms with Crippen LogP contribution >= 0.6 is 27.3 Å². The lowest BCUT2D eigenvalue weighted by molar-refractivity contribution is 0.0922. The molecule has 3 heterocycles. The third-order valence-electron chi connectivity index (χ3n) is 4.00. The van der Waals surface area contributed by atoms with Gasteiger partial charge in [0.15, 0.2) is 15.4 Å². The summed E-state index contributed by atoms with van der Waals surface area (Å²) in [4.78, 5) is 18.5. The molecule has 0 radical (unpaired) electrons. The molecule has 0 atom stereocenters. The Hall–Kier alpha value is -2.45. The lowest BCUT2D eigenvalue weighted by Gasteiger charge is -2.02. The molecule has 1 amide bonds. The number of nitrogens with zero attached hydrogens (tertiary/aromatic N) is 2. The number of halogens is 2. The Labute approximate surface area is 160 Å². The first-order chi connectivity index (χ1) is 12.5. The van der Waals surface area contributed by atoms with E-state index >= 15 is 0 Å². The van der Waals surface area contributed by atoms with Gasteiger partial charge >= 0.3 is 0 Å². The molecular weight excluding hydrogens is 421 g/mol. The molecule has 0 aliphatic heterocycles. The van der Waals surface area contributed by atoms with Crippen LogP contribution in [0.25, 0.3) is 16.2 Å². The van der Waals surface area contributed by atoms with E-state index in [2.05, 4.69) is 26.2 Å². The molecule has 0 spiro atoms. The maximum atomic E-state index is 13.1. The number of rotatable bonds is 4. The molecule has 3 aromatic heterocycles. The predicted octanol–water partition coefficient (Wildman–Crippen LogP) is 4.80. The van der Waals surface area contributed by atoms with Gasteiger partial charge in [0.1, 0.15) is 5.82 Å². The highest BCUT2D eigenvalue weighted by Gasteiger charge is 2.15. The van der Waals surface area contributed by atoms with Crippen molar-refractivity contribution in [3.8, 4) is 11.3 Å². The number of amides is 1. The zero-order valence-electron chi connectivity index (χ0n) is 13.6. The Morgan fingerprint density at radius 2 is 2.08 bits per heavy atom. The molecule has 0 saturated carbocycles. The number of thiazole rings is 1. The summed E-state index contributed by atoms with van der Waals surface area (Å²) in [5, 5.41) is 2.85. The van der Waals surface area contributed by atoms with Crippen LogP contribution in [0.5, 0.6) is 0 Å². The van der Waals surface area contributed by atoms with Crippen LogP contribution in [-0.4, -0.2) is 15.3 Å². The summed E-state index contributed by atoms with van der Waals surface area (Å²) in [7, 11) is 0. The zero-order chi connectivity index (χ0) is 18.3. The lowest BCUT2D eigenvalue weighted by Crippen LogP contribution is -2.22. The Balaban J connectivity index is 1.54. The fourth-order valence-electron chi connectivity index (χ4n) is 2.60. The Kier molecular flexibility index (Phi) is 4.37. The molecule has 0 saturated heterocycles. The number of benzene rings is 1. The second-order valence-corrected chi connectivity index (χ2v) is 7.53. The van der Waals surface area contributed by atoms with Crippen LogP contribution in [0.15, 0.2) is 51.7 Å². The first-order valence-electron chi connectivity index (χ1n) is 7.78. The summed E-state index contributed by atoms with van der Waals surface area (Å²) in [5.41, 5.74) is 2.65. The topological polar surface area (TPSA) is 59.5 Å². The molecule has 5 nitrogen and oxygen atoms in total. The number of imidazole rings is 1. The largest absolute Gasteiger partial charge is 0.444 e. The lowest BCUT2D eigenvalue weighted by atomic mass is 10.2. The van der Waals surface area contributed by atoms with E-state index in [1.807, 2.05) is 17.5 Å². The number of furan rings is 1. The minimum absolute atomic E-state index is 0.259. The predicted molar refractivity (Wildman–Crippen MR) is 101 cm³/mol. The first kappa shape index (κ1) is 17.0. The third kappa shape index (κ3) is 3.17. The molecule has 26 heavy (non-hydrogen) atoms. The van der Waals surface area contributed by atoms with Crippen molar-refractivity contribution in [2.45, 2.75) is 13.5 Å². The quantitative estimate of drug-likeness (QED) is 0.502. The van der Waals surface area contributed by atoms with Crippen LogP contribution in [0.2, 0.25) is 0 Å². The molecule has 0 unspecified atom stereocenters. The summed E-state index contributed by atoms with van der Waals surface area (Å²) in [5.74, 6) is -0.282. The summed E-state index contributed by atoms with van der Waals surface area (Å²) in [6.07, 6.45) is 1.92. The van der Waals surface area contributed by atoms with Crippen molar-refractivity contribution in [3.05, 3.63) is 69.4 Å². The van der Waals surface area contributed by atoms with Crippen molar-refractivity contribution < 1.29 is 13.6 Å². The molecule has 4 aromatic rings. The van der Waals surface area contributed by atoms with Crippen molar-refractivity contribution in [1.82, 2.24) is 14.7 Å². The van der Waals surface area contributed by atoms with Gasteiger partial charge in [0.25, 0.3) is 5.91 Å². The standard InChI is InChI=1S/C18H13BrFN3O2S/c1-10-15(8-21-17(24)14-6-7-16(19)25-14)26-18-22-13(9-23(10)18)11-2-4-12(20)5-3-11/h2-7,9H,8H2,1H3,(H,21,24). The van der Waals surface area contributed by atoms with Gasteiger partial charge in [-0.05, 0) is 59.3 Å². The summed E-state index contributed by atoms with van der Waals surface area (Å²) in [6, 6.07) is 9.55. The van der Waals surface area contributed by atoms with Crippen LogP contribution in [0.3, 0.4) is 0 Å². The van der Waals surface area contributed by atoms with Crippen molar-refractivity contribution in [3.63, 3.8) is 0 Å². The maximum Gasteiger partial charge on any atom is 0.287 e. The minimum atomic E-state index is -0.271. The molecule has 0 aliphatic carbocycles. The molecule has 0 bridgehead atoms. The van der Waals surface area contributed by atoms with E-state index in [0.29, 0.717) is 11.2 Å². The molecule has 0 aliphatic rings. The maximum absolute atomic E-state index is 13.1. The number of hydrogen-bond acceptors (Lipinski definition) is 4. The summed E-state index contributed by atoms with van der Waals surface area (Å²) < 4.78 is 20.8. The van der Waals surface area contributed by atoms with Gasteiger partial charge in [0.2, 0.25) is 0 Å². The SMILES string of the molecule is Cc1c(CNC(=O)c2ccc(Br)o2)sc2nc(-c3ccc(F)cc3)cn12. The van der Waals surface area contributed by atoms with Crippen LogP contribution < -0.4 is 5.32 Å². The number of aryl methyl sites for hydroxylation is 1. The normalized spacial score (nSPS) is 11.2. The number of carbonyl (C=O) groups excluding carboxylic acids is 1. The highest BCUT2D eigenvalue weighted by Crippen LogP contribution is 2.27. The molecule has 1 aromatic carbocycles. The van der Waals surface area contributed by atoms with E-state index < -0.39 is 0 Å². The second kappa shape index (κ2) is 6.69. The van der Waals surface area contributed by atoms with Crippen LogP contribution in [0, 0.1) is 12.7 Å². The smallest absolute Gasteiger partial charge is 0.287 e. The Morgan fingerprint density at radius 3 is 2.73 bits per heavy atom. The monoisotopic (exact) mass is 433 g/mol. The van der Waals surface area contributed by atoms with Gasteiger partial charge in [0.05, 0.1) is 12.2 Å². The van der Waals surface area contributed by atoms with E-state index in [9.17, 15) is 9.18 Å². The van der Waals surface area contributed by atoms with E-state index in [1.165, 1.54) is 23.5 Å². The summed E-state index contributed by atoms with van der Waals surface area (Å²) in [6.45, 7) is 2.37. The average Bonchev–Trinajstić information content (AvgIpc) is 3.30. The second-order valence-electron chi connectivity index (χ2n) is 5.68. The van der Waals surface area contributed by atoms with Crippen molar-refractivity contribution >= 4 is 38.1 Å². The molecule has 8 heteroatoms. The third-order valence-corrected chi connectivity index (χ3v) is 5.58. The first-order valence-corrected chi connectivity index (χ1v) is 9.39. The highest BCUT2D eigenvalue weighted by atomic mass is 79.9. The highest BCUT2D eigenvalue weighted by molar-refractivity contribution is 9.10. The number of nitrogens with one attached hydrogen (secondary N) is 1. The summed E-state index contributed by atoms with van der Waals surface area (Å²) >= 11 is 4.69. The molecular formula is C18H13BrFN3O2S. The van der Waals surface area contributed by atoms with Gasteiger partial charge in [-0.25, -0.2) is 9.37 Å². The molecule has 132 valence electrons. The van der Waals surface area contributed by atoms with E-state index in [0.717, 1.165) is 26.8 Å². The van der Waals surface area contributed by atoms with Crippen molar-refractivity contribution in [1.29, 1.82) is 0 Å². The Morgan fingerprint density at radius 1 is 1.31 bits per heavy atom. The average molecular weight is 434 g/mol. The number of fused-ring (bicyclic) bond motifs is 1. The van der Waals surface area contributed by atoms with Crippen molar-refractivity contribution in [2.24, 2.45) is 0 Å². The van der Waals surface area contributed by atoms with Gasteiger partial charge in [-0.2, -0.15) is 0 Å². The van der Waals surface area contributed by atoms with Gasteiger partial charge in [-0.3, -0.25) is 9.20 Å². The van der Waals surface area contributed by atoms with E-state index in [-0.39, 0.29) is 17.5 Å². The van der Waals surface area contributed by atoms with Gasteiger partial charge in [-0.1, -0.05) is 11.3 Å². The molecule has 0 fully saturated rings. The molecule has 1 N–H and O–H groups in total. The fraction of sp³-hybridized carbons (Fsp3) is 0.111. The molecule has 4 rings (SSSR count). The van der Waals surface area contributed by atoms with Gasteiger partial charge in [0, 0.05) is 22.3 Å². The van der Waals surface area contributed by atoms with Crippen molar-refractivity contribution in [2.75, 3.05) is 0 Å². The van der Waals surface area contributed by atoms with Crippen LogP contribution in [0.1, 0.15) is 21.1 Å². The van der Waals surface area contributed by atoms with E-state index in [1.54, 1.807) is 24.3 Å². The fourth-order valence-corrected chi connectivity index (χ4v) is 3.95. The van der Waals surface area contributed by atoms with Gasteiger partial charge < -0.3 is 9.73 Å². The van der Waals surface area contributed by atoms with Crippen LogP contribution in [0.4, 0.5) is 4.39 Å². The zero-order valence-corrected chi connectivity index (χ0v) is 16.0. The van der Waals surface area contributed by atoms with Crippen LogP contribution in [-0.2, 0) is 6.54 Å². The number of hydrogen-bond donors (Lipinski definition) is 1. The minimum Gasteiger partial charge on any atom is -0.444 e. The van der Waals surface area contributed by atoms with Gasteiger partial charge in [-0.15, -0.1) is 0 Å². The number of aromatic nitrogens is 2. The van der Waals surface area contributed by atoms with E-state index in [4.69, 9.17) is 4.42 Å².